The highest BCUT2D eigenvalue weighted by Crippen LogP contribution is 2.26. The van der Waals surface area contributed by atoms with Crippen LogP contribution < -0.4 is 10.5 Å². The number of H-pyrrole nitrogens is 1. The van der Waals surface area contributed by atoms with Gasteiger partial charge in [-0.05, 0) is 62.5 Å². The van der Waals surface area contributed by atoms with E-state index < -0.39 is 0 Å². The summed E-state index contributed by atoms with van der Waals surface area (Å²) < 4.78 is 22.6. The topological polar surface area (TPSA) is 101 Å². The van der Waals surface area contributed by atoms with Crippen LogP contribution in [0.25, 0.3) is 22.3 Å². The Morgan fingerprint density at radius 3 is 2.72 bits per heavy atom. The van der Waals surface area contributed by atoms with Crippen LogP contribution in [0.1, 0.15) is 43.7 Å². The first-order valence-corrected chi connectivity index (χ1v) is 14.1. The van der Waals surface area contributed by atoms with Crippen LogP contribution in [-0.4, -0.2) is 79.9 Å². The number of nitrogens with zero attached hydrogens (tertiary/aromatic N) is 6. The Morgan fingerprint density at radius 2 is 1.90 bits per heavy atom. The molecule has 3 N–H and O–H groups in total. The van der Waals surface area contributed by atoms with Crippen molar-refractivity contribution >= 4 is 11.0 Å². The first kappa shape index (κ1) is 25.9. The van der Waals surface area contributed by atoms with Gasteiger partial charge < -0.3 is 20.4 Å². The monoisotopic (exact) mass is 532 g/mol. The van der Waals surface area contributed by atoms with Gasteiger partial charge in [-0.15, -0.1) is 0 Å². The molecule has 3 aromatic heterocycles. The summed E-state index contributed by atoms with van der Waals surface area (Å²) in [6, 6.07) is 7.21. The Balaban J connectivity index is 1.04. The molecule has 0 aliphatic carbocycles. The number of ether oxygens (including phenoxy) is 1. The van der Waals surface area contributed by atoms with Crippen LogP contribution in [-0.2, 0) is 6.54 Å². The molecule has 0 radical (unpaired) electrons. The number of nitrogens with two attached hydrogens (primary N) is 1. The van der Waals surface area contributed by atoms with E-state index >= 15 is 0 Å². The first-order chi connectivity index (χ1) is 19.1. The Labute approximate surface area is 228 Å². The van der Waals surface area contributed by atoms with Gasteiger partial charge >= 0.3 is 0 Å². The van der Waals surface area contributed by atoms with Gasteiger partial charge in [0.1, 0.15) is 29.6 Å². The standard InChI is InChI=1S/C29H37FN8O/c30-23-12-21(17-36-8-2-1-3-9-36)13-26(14-23)39-25-5-10-37(11-6-25)19-24(15-31)38-18-22(16-35-38)28-27-4-7-32-29(27)34-20-33-28/h4,7,12-14,16,18,20,24-25H,1-3,5-6,8-11,15,17,19,31H2,(H,32,33,34). The van der Waals surface area contributed by atoms with Crippen molar-refractivity contribution in [2.45, 2.75) is 50.8 Å². The van der Waals surface area contributed by atoms with Crippen LogP contribution in [0.4, 0.5) is 4.39 Å². The van der Waals surface area contributed by atoms with E-state index in [1.807, 2.05) is 35.4 Å². The molecule has 1 unspecified atom stereocenters. The summed E-state index contributed by atoms with van der Waals surface area (Å²) in [6.07, 6.45) is 12.9. The number of aromatic nitrogens is 5. The maximum absolute atomic E-state index is 14.4. The van der Waals surface area contributed by atoms with E-state index in [2.05, 4.69) is 29.9 Å². The summed E-state index contributed by atoms with van der Waals surface area (Å²) >= 11 is 0. The average molecular weight is 533 g/mol. The summed E-state index contributed by atoms with van der Waals surface area (Å²) in [7, 11) is 0. The molecule has 2 saturated heterocycles. The van der Waals surface area contributed by atoms with Crippen LogP contribution in [0.15, 0.2) is 49.2 Å². The van der Waals surface area contributed by atoms with Crippen molar-refractivity contribution in [3.8, 4) is 17.0 Å². The van der Waals surface area contributed by atoms with Crippen LogP contribution >= 0.6 is 0 Å². The highest BCUT2D eigenvalue weighted by Gasteiger charge is 2.24. The molecule has 2 fully saturated rings. The van der Waals surface area contributed by atoms with Crippen LogP contribution in [0.5, 0.6) is 5.75 Å². The highest BCUT2D eigenvalue weighted by molar-refractivity contribution is 5.89. The zero-order valence-electron chi connectivity index (χ0n) is 22.3. The van der Waals surface area contributed by atoms with Crippen molar-refractivity contribution in [1.82, 2.24) is 34.5 Å². The summed E-state index contributed by atoms with van der Waals surface area (Å²) in [5.74, 6) is 0.422. The number of halogens is 1. The molecule has 1 aromatic carbocycles. The number of hydrogen-bond donors (Lipinski definition) is 2. The van der Waals surface area contributed by atoms with E-state index in [-0.39, 0.29) is 18.0 Å². The SMILES string of the molecule is NCC(CN1CCC(Oc2cc(F)cc(CN3CCCCC3)c2)CC1)n1cc(-c2ncnc3[nH]ccc23)cn1. The van der Waals surface area contributed by atoms with Crippen LogP contribution in [0, 0.1) is 5.82 Å². The number of fused-ring (bicyclic) bond motifs is 1. The second-order valence-corrected chi connectivity index (χ2v) is 10.8. The normalized spacial score (nSPS) is 18.5. The molecule has 2 aliphatic heterocycles. The minimum Gasteiger partial charge on any atom is -0.490 e. The van der Waals surface area contributed by atoms with E-state index in [4.69, 9.17) is 10.5 Å². The van der Waals surface area contributed by atoms with E-state index in [0.717, 1.165) is 80.0 Å². The molecule has 39 heavy (non-hydrogen) atoms. The molecular formula is C29H37FN8O. The average Bonchev–Trinajstić information content (AvgIpc) is 3.63. The molecule has 0 amide bonds. The minimum absolute atomic E-state index is 0.0559. The summed E-state index contributed by atoms with van der Waals surface area (Å²) in [4.78, 5) is 16.7. The number of benzene rings is 1. The lowest BCUT2D eigenvalue weighted by atomic mass is 10.1. The first-order valence-electron chi connectivity index (χ1n) is 14.1. The molecule has 0 bridgehead atoms. The lowest BCUT2D eigenvalue weighted by Gasteiger charge is -2.34. The molecule has 10 heteroatoms. The molecule has 6 rings (SSSR count). The Bertz CT molecular complexity index is 1370. The second-order valence-electron chi connectivity index (χ2n) is 10.8. The third-order valence-electron chi connectivity index (χ3n) is 7.97. The van der Waals surface area contributed by atoms with E-state index in [1.54, 1.807) is 12.4 Å². The lowest BCUT2D eigenvalue weighted by molar-refractivity contribution is 0.0911. The van der Waals surface area contributed by atoms with Gasteiger partial charge in [-0.3, -0.25) is 9.58 Å². The number of aromatic amines is 1. The van der Waals surface area contributed by atoms with Gasteiger partial charge in [0.25, 0.3) is 0 Å². The fourth-order valence-electron chi connectivity index (χ4n) is 5.88. The number of rotatable bonds is 9. The number of likely N-dealkylation sites (tertiary alicyclic amines) is 2. The Hall–Kier alpha value is -3.34. The molecule has 0 saturated carbocycles. The summed E-state index contributed by atoms with van der Waals surface area (Å²) in [5.41, 5.74) is 9.80. The van der Waals surface area contributed by atoms with Gasteiger partial charge in [0, 0.05) is 62.1 Å². The van der Waals surface area contributed by atoms with Gasteiger partial charge in [-0.25, -0.2) is 14.4 Å². The second kappa shape index (κ2) is 11.8. The number of nitrogens with one attached hydrogen (secondary N) is 1. The van der Waals surface area contributed by atoms with Crippen molar-refractivity contribution in [2.24, 2.45) is 5.73 Å². The minimum atomic E-state index is -0.222. The molecular weight excluding hydrogens is 495 g/mol. The lowest BCUT2D eigenvalue weighted by Crippen LogP contribution is -2.42. The molecule has 4 aromatic rings. The quantitative estimate of drug-likeness (QED) is 0.336. The zero-order chi connectivity index (χ0) is 26.6. The zero-order valence-corrected chi connectivity index (χ0v) is 22.3. The highest BCUT2D eigenvalue weighted by atomic mass is 19.1. The van der Waals surface area contributed by atoms with Gasteiger partial charge in [0.05, 0.1) is 17.9 Å². The number of hydrogen-bond acceptors (Lipinski definition) is 7. The molecule has 1 atom stereocenters. The number of piperidine rings is 2. The smallest absolute Gasteiger partial charge is 0.141 e. The predicted octanol–water partition coefficient (Wildman–Crippen LogP) is 3.99. The van der Waals surface area contributed by atoms with E-state index in [0.29, 0.717) is 12.3 Å². The molecule has 9 nitrogen and oxygen atoms in total. The van der Waals surface area contributed by atoms with Gasteiger partial charge in [-0.1, -0.05) is 6.42 Å². The Morgan fingerprint density at radius 1 is 1.05 bits per heavy atom. The van der Waals surface area contributed by atoms with Gasteiger partial charge in [0.2, 0.25) is 0 Å². The third-order valence-corrected chi connectivity index (χ3v) is 7.97. The fourth-order valence-corrected chi connectivity index (χ4v) is 5.88. The molecule has 2 aliphatic rings. The van der Waals surface area contributed by atoms with E-state index in [9.17, 15) is 4.39 Å². The van der Waals surface area contributed by atoms with Crippen molar-refractivity contribution in [1.29, 1.82) is 0 Å². The molecule has 206 valence electrons. The molecule has 0 spiro atoms. The Kier molecular flexibility index (Phi) is 7.85. The van der Waals surface area contributed by atoms with Gasteiger partial charge in [0.15, 0.2) is 0 Å². The maximum Gasteiger partial charge on any atom is 0.141 e. The van der Waals surface area contributed by atoms with Gasteiger partial charge in [-0.2, -0.15) is 5.10 Å². The van der Waals surface area contributed by atoms with Crippen molar-refractivity contribution in [3.63, 3.8) is 0 Å². The predicted molar refractivity (Wildman–Crippen MR) is 149 cm³/mol. The largest absolute Gasteiger partial charge is 0.490 e. The van der Waals surface area contributed by atoms with Crippen molar-refractivity contribution in [2.75, 3.05) is 39.3 Å². The van der Waals surface area contributed by atoms with Crippen molar-refractivity contribution < 1.29 is 9.13 Å². The fraction of sp³-hybridized carbons (Fsp3) is 0.483. The summed E-state index contributed by atoms with van der Waals surface area (Å²) in [6.45, 7) is 6.08. The van der Waals surface area contributed by atoms with Crippen LogP contribution in [0.2, 0.25) is 0 Å². The summed E-state index contributed by atoms with van der Waals surface area (Å²) in [5, 5.41) is 5.60. The third kappa shape index (κ3) is 6.13. The maximum atomic E-state index is 14.4. The molecule has 5 heterocycles. The van der Waals surface area contributed by atoms with E-state index in [1.165, 1.54) is 25.3 Å². The van der Waals surface area contributed by atoms with Crippen molar-refractivity contribution in [3.05, 3.63) is 60.6 Å². The van der Waals surface area contributed by atoms with Crippen LogP contribution in [0.3, 0.4) is 0 Å².